The Morgan fingerprint density at radius 3 is 2.67 bits per heavy atom. The molecule has 0 saturated heterocycles. The lowest BCUT2D eigenvalue weighted by atomic mass is 10.1. The smallest absolute Gasteiger partial charge is 0.220 e. The lowest BCUT2D eigenvalue weighted by Crippen LogP contribution is -2.29. The molecule has 1 atom stereocenters. The van der Waals surface area contributed by atoms with Crippen molar-refractivity contribution in [2.24, 2.45) is 0 Å². The molecular weight excluding hydrogens is 370 g/mol. The molecule has 0 saturated carbocycles. The van der Waals surface area contributed by atoms with Gasteiger partial charge in [0.15, 0.2) is 0 Å². The van der Waals surface area contributed by atoms with Gasteiger partial charge in [-0.25, -0.2) is 0 Å². The van der Waals surface area contributed by atoms with Crippen molar-refractivity contribution in [3.05, 3.63) is 64.1 Å². The largest absolute Gasteiger partial charge is 0.497 e. The molecule has 128 valence electrons. The van der Waals surface area contributed by atoms with Gasteiger partial charge in [-0.05, 0) is 35.7 Å². The zero-order valence-electron chi connectivity index (χ0n) is 13.9. The molecule has 0 radical (unpaired) electrons. The number of methoxy groups -OCH3 is 2. The number of nitrogens with one attached hydrogen (secondary N) is 1. The van der Waals surface area contributed by atoms with Gasteiger partial charge in [0.1, 0.15) is 5.75 Å². The predicted octanol–water partition coefficient (Wildman–Crippen LogP) is 3.89. The van der Waals surface area contributed by atoms with E-state index in [2.05, 4.69) is 21.2 Å². The lowest BCUT2D eigenvalue weighted by molar-refractivity contribution is -0.121. The Morgan fingerprint density at radius 1 is 1.17 bits per heavy atom. The number of hydrogen-bond donors (Lipinski definition) is 1. The third-order valence-corrected chi connectivity index (χ3v) is 4.59. The van der Waals surface area contributed by atoms with E-state index in [4.69, 9.17) is 9.47 Å². The van der Waals surface area contributed by atoms with Crippen LogP contribution in [0, 0.1) is 0 Å². The molecule has 1 N–H and O–H groups in total. The Morgan fingerprint density at radius 2 is 1.96 bits per heavy atom. The fourth-order valence-corrected chi connectivity index (χ4v) is 2.91. The molecule has 0 spiro atoms. The molecule has 0 bridgehead atoms. The van der Waals surface area contributed by atoms with Crippen LogP contribution in [-0.2, 0) is 16.0 Å². The van der Waals surface area contributed by atoms with E-state index >= 15 is 0 Å². The molecule has 0 aliphatic rings. The van der Waals surface area contributed by atoms with E-state index in [1.807, 2.05) is 48.5 Å². The second-order valence-corrected chi connectivity index (χ2v) is 6.25. The van der Waals surface area contributed by atoms with Gasteiger partial charge < -0.3 is 14.8 Å². The second-order valence-electron chi connectivity index (χ2n) is 5.40. The first-order chi connectivity index (χ1) is 11.6. The van der Waals surface area contributed by atoms with Crippen molar-refractivity contribution < 1.29 is 14.3 Å². The molecule has 2 rings (SSSR count). The average Bonchev–Trinajstić information content (AvgIpc) is 2.61. The minimum absolute atomic E-state index is 0.00991. The van der Waals surface area contributed by atoms with Crippen LogP contribution in [-0.4, -0.2) is 26.7 Å². The summed E-state index contributed by atoms with van der Waals surface area (Å²) in [5, 5.41) is 2.94. The maximum absolute atomic E-state index is 12.1. The van der Waals surface area contributed by atoms with Crippen molar-refractivity contribution in [3.8, 4) is 5.75 Å². The van der Waals surface area contributed by atoms with Gasteiger partial charge in [0, 0.05) is 24.5 Å². The molecule has 1 amide bonds. The highest BCUT2D eigenvalue weighted by atomic mass is 79.9. The van der Waals surface area contributed by atoms with E-state index in [1.165, 1.54) is 0 Å². The van der Waals surface area contributed by atoms with E-state index in [9.17, 15) is 4.79 Å². The first-order valence-corrected chi connectivity index (χ1v) is 8.60. The van der Waals surface area contributed by atoms with E-state index in [-0.39, 0.29) is 12.0 Å². The van der Waals surface area contributed by atoms with Gasteiger partial charge in [0.2, 0.25) is 5.91 Å². The number of rotatable bonds is 8. The van der Waals surface area contributed by atoms with Crippen molar-refractivity contribution >= 4 is 21.8 Å². The topological polar surface area (TPSA) is 47.6 Å². The fourth-order valence-electron chi connectivity index (χ4n) is 2.42. The summed E-state index contributed by atoms with van der Waals surface area (Å²) in [6.45, 7) is 0.429. The van der Waals surface area contributed by atoms with Gasteiger partial charge in [0.25, 0.3) is 0 Å². The zero-order chi connectivity index (χ0) is 17.4. The molecule has 2 aromatic carbocycles. The molecule has 0 fully saturated rings. The third-order valence-electron chi connectivity index (χ3n) is 3.81. The van der Waals surface area contributed by atoms with Crippen LogP contribution in [0.15, 0.2) is 53.0 Å². The summed E-state index contributed by atoms with van der Waals surface area (Å²) in [6, 6.07) is 15.6. The Hall–Kier alpha value is -1.85. The predicted molar refractivity (Wildman–Crippen MR) is 98.2 cm³/mol. The Kier molecular flexibility index (Phi) is 7.28. The molecule has 0 aromatic heterocycles. The summed E-state index contributed by atoms with van der Waals surface area (Å²) >= 11 is 3.50. The summed E-state index contributed by atoms with van der Waals surface area (Å²) in [5.74, 6) is 0.783. The van der Waals surface area contributed by atoms with Crippen molar-refractivity contribution in [2.45, 2.75) is 18.9 Å². The molecule has 0 heterocycles. The molecule has 2 aromatic rings. The number of carbonyl (C=O) groups is 1. The first-order valence-electron chi connectivity index (χ1n) is 7.81. The minimum Gasteiger partial charge on any atom is -0.497 e. The van der Waals surface area contributed by atoms with Gasteiger partial charge in [-0.15, -0.1) is 0 Å². The SMILES string of the molecule is COc1cccc(C(CNC(=O)CCc2ccccc2Br)OC)c1. The quantitative estimate of drug-likeness (QED) is 0.742. The van der Waals surface area contributed by atoms with E-state index in [1.54, 1.807) is 14.2 Å². The average molecular weight is 392 g/mol. The zero-order valence-corrected chi connectivity index (χ0v) is 15.5. The number of amides is 1. The number of benzene rings is 2. The normalized spacial score (nSPS) is 11.8. The van der Waals surface area contributed by atoms with E-state index in [0.29, 0.717) is 19.4 Å². The molecule has 0 aliphatic carbocycles. The third kappa shape index (κ3) is 5.35. The summed E-state index contributed by atoms with van der Waals surface area (Å²) in [5.41, 5.74) is 2.10. The molecular formula is C19H22BrNO3. The van der Waals surface area contributed by atoms with Gasteiger partial charge in [-0.2, -0.15) is 0 Å². The molecule has 1 unspecified atom stereocenters. The van der Waals surface area contributed by atoms with Crippen molar-refractivity contribution in [2.75, 3.05) is 20.8 Å². The van der Waals surface area contributed by atoms with Crippen LogP contribution >= 0.6 is 15.9 Å². The molecule has 24 heavy (non-hydrogen) atoms. The Balaban J connectivity index is 1.86. The number of carbonyl (C=O) groups excluding carboxylic acids is 1. The molecule has 5 heteroatoms. The van der Waals surface area contributed by atoms with Gasteiger partial charge in [0.05, 0.1) is 13.2 Å². The van der Waals surface area contributed by atoms with Crippen molar-refractivity contribution in [1.29, 1.82) is 0 Å². The van der Waals surface area contributed by atoms with Gasteiger partial charge in [-0.3, -0.25) is 4.79 Å². The van der Waals surface area contributed by atoms with Gasteiger partial charge >= 0.3 is 0 Å². The van der Waals surface area contributed by atoms with Crippen LogP contribution in [0.25, 0.3) is 0 Å². The number of halogens is 1. The van der Waals surface area contributed by atoms with Crippen molar-refractivity contribution in [3.63, 3.8) is 0 Å². The maximum Gasteiger partial charge on any atom is 0.220 e. The van der Waals surface area contributed by atoms with Crippen LogP contribution in [0.5, 0.6) is 5.75 Å². The second kappa shape index (κ2) is 9.45. The van der Waals surface area contributed by atoms with Crippen LogP contribution in [0.3, 0.4) is 0 Å². The highest BCUT2D eigenvalue weighted by Crippen LogP contribution is 2.21. The maximum atomic E-state index is 12.1. The highest BCUT2D eigenvalue weighted by molar-refractivity contribution is 9.10. The van der Waals surface area contributed by atoms with Crippen molar-refractivity contribution in [1.82, 2.24) is 5.32 Å². The fraction of sp³-hybridized carbons (Fsp3) is 0.316. The number of hydrogen-bond acceptors (Lipinski definition) is 3. The summed E-state index contributed by atoms with van der Waals surface area (Å²) in [7, 11) is 3.27. The van der Waals surface area contributed by atoms with Crippen LogP contribution < -0.4 is 10.1 Å². The summed E-state index contributed by atoms with van der Waals surface area (Å²) in [4.78, 5) is 12.1. The van der Waals surface area contributed by atoms with Crippen LogP contribution in [0.4, 0.5) is 0 Å². The van der Waals surface area contributed by atoms with Crippen LogP contribution in [0.1, 0.15) is 23.7 Å². The van der Waals surface area contributed by atoms with Crippen LogP contribution in [0.2, 0.25) is 0 Å². The standard InChI is InChI=1S/C19H22BrNO3/c1-23-16-8-5-7-15(12-16)18(24-2)13-21-19(22)11-10-14-6-3-4-9-17(14)20/h3-9,12,18H,10-11,13H2,1-2H3,(H,21,22). The molecule has 0 aliphatic heterocycles. The highest BCUT2D eigenvalue weighted by Gasteiger charge is 2.13. The summed E-state index contributed by atoms with van der Waals surface area (Å²) in [6.07, 6.45) is 0.939. The first kappa shape index (κ1) is 18.5. The molecule has 4 nitrogen and oxygen atoms in total. The summed E-state index contributed by atoms with van der Waals surface area (Å²) < 4.78 is 11.7. The Bertz CT molecular complexity index is 675. The Labute approximate surface area is 151 Å². The lowest BCUT2D eigenvalue weighted by Gasteiger charge is -2.17. The van der Waals surface area contributed by atoms with Gasteiger partial charge in [-0.1, -0.05) is 46.3 Å². The number of aryl methyl sites for hydroxylation is 1. The van der Waals surface area contributed by atoms with E-state index < -0.39 is 0 Å². The van der Waals surface area contributed by atoms with E-state index in [0.717, 1.165) is 21.3 Å². The number of ether oxygens (including phenoxy) is 2. The minimum atomic E-state index is -0.201. The monoisotopic (exact) mass is 391 g/mol.